The number of likely N-dealkylation sites (N-methyl/N-ethyl adjacent to an activating group) is 1. The van der Waals surface area contributed by atoms with Gasteiger partial charge in [0.1, 0.15) is 13.2 Å². The fourth-order valence-electron chi connectivity index (χ4n) is 5.38. The smallest absolute Gasteiger partial charge is 0.268 e. The molecule has 1 amide bonds. The maximum atomic E-state index is 12.8. The number of quaternary nitrogens is 1. The van der Waals surface area contributed by atoms with Crippen LogP contribution in [0.4, 0.5) is 0 Å². The number of hydrogen-bond donors (Lipinski definition) is 2. The third kappa shape index (κ3) is 44.4. The van der Waals surface area contributed by atoms with Gasteiger partial charge in [0, 0.05) is 6.42 Å². The van der Waals surface area contributed by atoms with Crippen molar-refractivity contribution in [3.05, 3.63) is 146 Å². The van der Waals surface area contributed by atoms with E-state index in [0.29, 0.717) is 17.4 Å². The van der Waals surface area contributed by atoms with E-state index in [4.69, 9.17) is 9.05 Å². The summed E-state index contributed by atoms with van der Waals surface area (Å²) >= 11 is 0. The number of unbranched alkanes of at least 4 members (excludes halogenated alkanes) is 4. The van der Waals surface area contributed by atoms with E-state index in [1.807, 2.05) is 27.2 Å². The maximum absolute atomic E-state index is 12.8. The predicted octanol–water partition coefficient (Wildman–Crippen LogP) is 12.8. The van der Waals surface area contributed by atoms with Gasteiger partial charge in [0.2, 0.25) is 5.91 Å². The number of carbonyl (C=O) groups excluding carboxylic acids is 1. The highest BCUT2D eigenvalue weighted by Crippen LogP contribution is 2.38. The number of amides is 1. The van der Waals surface area contributed by atoms with Crippen LogP contribution >= 0.6 is 7.82 Å². The topological polar surface area (TPSA) is 108 Å². The molecule has 0 aromatic heterocycles. The van der Waals surface area contributed by atoms with Crippen LogP contribution in [0.2, 0.25) is 0 Å². The minimum atomic E-state index is -4.61. The number of rotatable bonds is 39. The van der Waals surface area contributed by atoms with Gasteiger partial charge < -0.3 is 28.8 Å². The van der Waals surface area contributed by atoms with Crippen LogP contribution in [0.25, 0.3) is 0 Å². The number of nitrogens with one attached hydrogen (secondary N) is 1. The van der Waals surface area contributed by atoms with E-state index in [-0.39, 0.29) is 18.9 Å². The number of aliphatic hydroxyl groups excluding tert-OH is 1. The molecular weight excluding hydrogens is 792 g/mol. The first kappa shape index (κ1) is 58.4. The van der Waals surface area contributed by atoms with Crippen molar-refractivity contribution in [1.29, 1.82) is 0 Å². The number of phosphoric ester groups is 1. The van der Waals surface area contributed by atoms with Crippen molar-refractivity contribution in [3.63, 3.8) is 0 Å². The fraction of sp³-hybridized carbons (Fsp3) is 0.528. The summed E-state index contributed by atoms with van der Waals surface area (Å²) in [6.45, 7) is 4.31. The first-order valence-corrected chi connectivity index (χ1v) is 24.7. The van der Waals surface area contributed by atoms with Gasteiger partial charge in [0.15, 0.2) is 0 Å². The molecule has 3 unspecified atom stereocenters. The first-order valence-electron chi connectivity index (χ1n) is 23.2. The molecule has 0 aromatic carbocycles. The Morgan fingerprint density at radius 2 is 0.984 bits per heavy atom. The second-order valence-corrected chi connectivity index (χ2v) is 17.4. The molecule has 0 fully saturated rings. The van der Waals surface area contributed by atoms with Crippen molar-refractivity contribution >= 4 is 13.7 Å². The lowest BCUT2D eigenvalue weighted by atomic mass is 10.1. The summed E-state index contributed by atoms with van der Waals surface area (Å²) in [6, 6.07) is -0.935. The molecule has 2 N–H and O–H groups in total. The molecule has 9 heteroatoms. The van der Waals surface area contributed by atoms with Crippen LogP contribution in [0.15, 0.2) is 146 Å². The molecule has 0 spiro atoms. The second-order valence-electron chi connectivity index (χ2n) is 16.0. The molecular formula is C53H85N2O6P. The predicted molar refractivity (Wildman–Crippen MR) is 264 cm³/mol. The van der Waals surface area contributed by atoms with E-state index in [9.17, 15) is 19.4 Å². The Kier molecular flexibility index (Phi) is 40.2. The van der Waals surface area contributed by atoms with Crippen LogP contribution in [0.1, 0.15) is 129 Å². The molecule has 62 heavy (non-hydrogen) atoms. The van der Waals surface area contributed by atoms with Crippen molar-refractivity contribution in [3.8, 4) is 0 Å². The minimum Gasteiger partial charge on any atom is -0.756 e. The Labute approximate surface area is 378 Å². The highest BCUT2D eigenvalue weighted by molar-refractivity contribution is 7.45. The number of nitrogens with zero attached hydrogens (tertiary/aromatic N) is 1. The van der Waals surface area contributed by atoms with E-state index in [1.54, 1.807) is 6.08 Å². The van der Waals surface area contributed by atoms with Crippen LogP contribution in [0.5, 0.6) is 0 Å². The fourth-order valence-corrected chi connectivity index (χ4v) is 6.10. The van der Waals surface area contributed by atoms with E-state index in [2.05, 4.69) is 153 Å². The zero-order valence-corrected chi connectivity index (χ0v) is 40.1. The maximum Gasteiger partial charge on any atom is 0.268 e. The lowest BCUT2D eigenvalue weighted by molar-refractivity contribution is -0.870. The van der Waals surface area contributed by atoms with Gasteiger partial charge in [-0.25, -0.2) is 0 Å². The number of phosphoric acid groups is 1. The van der Waals surface area contributed by atoms with Crippen LogP contribution in [0, 0.1) is 0 Å². The normalized spacial score (nSPS) is 15.5. The van der Waals surface area contributed by atoms with Crippen molar-refractivity contribution in [1.82, 2.24) is 5.32 Å². The Bertz CT molecular complexity index is 1510. The number of allylic oxidation sites excluding steroid dienone is 23. The van der Waals surface area contributed by atoms with Crippen molar-refractivity contribution in [2.24, 2.45) is 0 Å². The van der Waals surface area contributed by atoms with Crippen LogP contribution in [-0.2, 0) is 18.4 Å². The molecule has 0 radical (unpaired) electrons. The van der Waals surface area contributed by atoms with Crippen LogP contribution in [0.3, 0.4) is 0 Å². The average molecular weight is 877 g/mol. The van der Waals surface area contributed by atoms with Gasteiger partial charge in [0.05, 0.1) is 39.9 Å². The SMILES string of the molecule is CC/C=C\C/C=C\C/C=C\C/C=C\C/C=C\C/C=C\C/C=C\C/C=C\C/C=C\C/C=C\CCCCC(=O)NC(COP(=O)([O-])OCC[N+](C)(C)C)C(O)/C=C/CC/C=C/CCC. The highest BCUT2D eigenvalue weighted by Gasteiger charge is 2.23. The third-order valence-corrected chi connectivity index (χ3v) is 9.98. The lowest BCUT2D eigenvalue weighted by Crippen LogP contribution is -2.45. The molecule has 3 atom stereocenters. The lowest BCUT2D eigenvalue weighted by Gasteiger charge is -2.29. The van der Waals surface area contributed by atoms with E-state index in [0.717, 1.165) is 103 Å². The molecule has 0 aliphatic heterocycles. The molecule has 348 valence electrons. The molecule has 0 aliphatic carbocycles. The van der Waals surface area contributed by atoms with Crippen molar-refractivity contribution < 1.29 is 32.9 Å². The number of hydrogen-bond acceptors (Lipinski definition) is 6. The molecule has 0 rings (SSSR count). The highest BCUT2D eigenvalue weighted by atomic mass is 31.2. The van der Waals surface area contributed by atoms with Gasteiger partial charge in [-0.2, -0.15) is 0 Å². The van der Waals surface area contributed by atoms with Crippen LogP contribution < -0.4 is 10.2 Å². The Morgan fingerprint density at radius 3 is 1.42 bits per heavy atom. The summed E-state index contributed by atoms with van der Waals surface area (Å²) in [5.74, 6) is -0.263. The third-order valence-electron chi connectivity index (χ3n) is 9.01. The Morgan fingerprint density at radius 1 is 0.581 bits per heavy atom. The van der Waals surface area contributed by atoms with E-state index >= 15 is 0 Å². The molecule has 0 bridgehead atoms. The molecule has 8 nitrogen and oxygen atoms in total. The quantitative estimate of drug-likeness (QED) is 0.0276. The summed E-state index contributed by atoms with van der Waals surface area (Å²) in [6.07, 6.45) is 66.6. The molecule has 0 aromatic rings. The second kappa shape index (κ2) is 42.7. The standard InChI is InChI=1S/C53H85N2O6P/c1-6-8-10-12-14-15-16-17-18-19-20-21-22-23-24-25-26-27-28-29-30-31-32-33-34-35-36-37-38-39-41-43-45-47-53(57)54-51(52(56)46-44-42-40-13-11-9-7-2)50-61-62(58,59)60-49-48-55(3,4)5/h8,10-11,13-15,17-18,20-21,23-24,26-27,29-30,32-33,35-36,38-39,44,46,51-52,56H,6-7,9,12,16,19,22,25,28,31,34,37,40-43,45,47-50H2,1-5H3,(H-,54,57,58,59)/b10-8-,13-11+,15-14-,18-17-,21-20-,24-23-,27-26-,30-29-,33-32-,36-35-,39-38-,46-44+. The van der Waals surface area contributed by atoms with E-state index < -0.39 is 26.6 Å². The minimum absolute atomic E-state index is 0.0247. The summed E-state index contributed by atoms with van der Waals surface area (Å²) in [5.41, 5.74) is 0. The van der Waals surface area contributed by atoms with Crippen molar-refractivity contribution in [2.45, 2.75) is 142 Å². The molecule has 0 saturated carbocycles. The summed E-state index contributed by atoms with van der Waals surface area (Å²) in [4.78, 5) is 25.1. The Balaban J connectivity index is 4.26. The van der Waals surface area contributed by atoms with Gasteiger partial charge in [0.25, 0.3) is 7.82 Å². The largest absolute Gasteiger partial charge is 0.756 e. The zero-order valence-electron chi connectivity index (χ0n) is 39.2. The average Bonchev–Trinajstić information content (AvgIpc) is 3.23. The zero-order chi connectivity index (χ0) is 45.7. The van der Waals surface area contributed by atoms with Gasteiger partial charge in [-0.15, -0.1) is 0 Å². The summed E-state index contributed by atoms with van der Waals surface area (Å²) in [5, 5.41) is 13.6. The van der Waals surface area contributed by atoms with Gasteiger partial charge >= 0.3 is 0 Å². The molecule has 0 aliphatic rings. The number of carbonyl (C=O) groups is 1. The van der Waals surface area contributed by atoms with Gasteiger partial charge in [-0.1, -0.05) is 166 Å². The van der Waals surface area contributed by atoms with Gasteiger partial charge in [-0.05, 0) is 103 Å². The molecule has 0 heterocycles. The monoisotopic (exact) mass is 877 g/mol. The van der Waals surface area contributed by atoms with Gasteiger partial charge in [-0.3, -0.25) is 9.36 Å². The first-order chi connectivity index (χ1) is 30.0. The number of aliphatic hydroxyl groups is 1. The Hall–Kier alpha value is -3.62. The summed E-state index contributed by atoms with van der Waals surface area (Å²) < 4.78 is 23.0. The summed E-state index contributed by atoms with van der Waals surface area (Å²) in [7, 11) is 1.18. The van der Waals surface area contributed by atoms with E-state index in [1.165, 1.54) is 0 Å². The van der Waals surface area contributed by atoms with Crippen LogP contribution in [-0.4, -0.2) is 68.5 Å². The van der Waals surface area contributed by atoms with Crippen molar-refractivity contribution in [2.75, 3.05) is 40.9 Å². The molecule has 0 saturated heterocycles.